The standard InChI is InChI=1S/C18H27NO2/c1-2-3-15-4-6-16(7-5-15)19-17-8-11-21-18(14-17)9-12-20-13-10-18/h4-7,17,19H,2-3,8-14H2,1H3. The molecule has 0 bridgehead atoms. The summed E-state index contributed by atoms with van der Waals surface area (Å²) in [7, 11) is 0. The molecule has 0 radical (unpaired) electrons. The Morgan fingerprint density at radius 3 is 2.62 bits per heavy atom. The molecule has 2 aliphatic heterocycles. The molecule has 1 spiro atoms. The van der Waals surface area contributed by atoms with E-state index in [4.69, 9.17) is 9.47 Å². The highest BCUT2D eigenvalue weighted by atomic mass is 16.5. The SMILES string of the molecule is CCCc1ccc(NC2CCOC3(CCOCC3)C2)cc1. The molecule has 2 saturated heterocycles. The maximum atomic E-state index is 6.11. The molecule has 0 saturated carbocycles. The number of aryl methyl sites for hydroxylation is 1. The van der Waals surface area contributed by atoms with Crippen LogP contribution in [0.5, 0.6) is 0 Å². The van der Waals surface area contributed by atoms with Crippen molar-refractivity contribution in [3.05, 3.63) is 29.8 Å². The lowest BCUT2D eigenvalue weighted by Gasteiger charge is -2.43. The van der Waals surface area contributed by atoms with Gasteiger partial charge in [0.1, 0.15) is 0 Å². The first-order chi connectivity index (χ1) is 10.3. The fourth-order valence-electron chi connectivity index (χ4n) is 3.53. The zero-order chi connectivity index (χ0) is 14.5. The van der Waals surface area contributed by atoms with Crippen LogP contribution in [-0.4, -0.2) is 31.5 Å². The molecular weight excluding hydrogens is 262 g/mol. The second kappa shape index (κ2) is 6.80. The Balaban J connectivity index is 1.59. The molecule has 0 aliphatic carbocycles. The number of hydrogen-bond donors (Lipinski definition) is 1. The highest BCUT2D eigenvalue weighted by Crippen LogP contribution is 2.35. The van der Waals surface area contributed by atoms with Crippen LogP contribution in [0, 0.1) is 0 Å². The summed E-state index contributed by atoms with van der Waals surface area (Å²) in [5.41, 5.74) is 2.73. The second-order valence-corrected chi connectivity index (χ2v) is 6.42. The molecule has 1 unspecified atom stereocenters. The molecular formula is C18H27NO2. The molecule has 116 valence electrons. The van der Waals surface area contributed by atoms with E-state index in [-0.39, 0.29) is 5.60 Å². The average molecular weight is 289 g/mol. The highest BCUT2D eigenvalue weighted by molar-refractivity contribution is 5.45. The summed E-state index contributed by atoms with van der Waals surface area (Å²) in [6, 6.07) is 9.45. The van der Waals surface area contributed by atoms with E-state index in [1.165, 1.54) is 24.1 Å². The minimum atomic E-state index is 0.0658. The summed E-state index contributed by atoms with van der Waals surface area (Å²) in [5.74, 6) is 0. The quantitative estimate of drug-likeness (QED) is 0.915. The fraction of sp³-hybridized carbons (Fsp3) is 0.667. The van der Waals surface area contributed by atoms with Gasteiger partial charge in [0.25, 0.3) is 0 Å². The third-order valence-corrected chi connectivity index (χ3v) is 4.76. The lowest BCUT2D eigenvalue weighted by molar-refractivity contribution is -0.135. The Morgan fingerprint density at radius 2 is 1.90 bits per heavy atom. The molecule has 1 aromatic carbocycles. The molecule has 3 nitrogen and oxygen atoms in total. The first-order valence-electron chi connectivity index (χ1n) is 8.37. The van der Waals surface area contributed by atoms with Crippen molar-refractivity contribution < 1.29 is 9.47 Å². The van der Waals surface area contributed by atoms with Crippen molar-refractivity contribution in [1.82, 2.24) is 0 Å². The van der Waals surface area contributed by atoms with Gasteiger partial charge >= 0.3 is 0 Å². The normalized spacial score (nSPS) is 24.9. The Morgan fingerprint density at radius 1 is 1.14 bits per heavy atom. The van der Waals surface area contributed by atoms with Crippen LogP contribution in [0.25, 0.3) is 0 Å². The summed E-state index contributed by atoms with van der Waals surface area (Å²) >= 11 is 0. The predicted octanol–water partition coefficient (Wildman–Crippen LogP) is 3.78. The van der Waals surface area contributed by atoms with Crippen molar-refractivity contribution in [3.8, 4) is 0 Å². The second-order valence-electron chi connectivity index (χ2n) is 6.42. The monoisotopic (exact) mass is 289 g/mol. The van der Waals surface area contributed by atoms with Gasteiger partial charge in [-0.1, -0.05) is 25.5 Å². The summed E-state index contributed by atoms with van der Waals surface area (Å²) in [6.07, 6.45) is 6.66. The van der Waals surface area contributed by atoms with Gasteiger partial charge in [0.05, 0.1) is 5.60 Å². The van der Waals surface area contributed by atoms with Gasteiger partial charge in [0.2, 0.25) is 0 Å². The maximum absolute atomic E-state index is 6.11. The Labute approximate surface area is 128 Å². The molecule has 2 aliphatic rings. The van der Waals surface area contributed by atoms with E-state index in [0.29, 0.717) is 6.04 Å². The van der Waals surface area contributed by atoms with Crippen molar-refractivity contribution in [3.63, 3.8) is 0 Å². The molecule has 3 rings (SSSR count). The van der Waals surface area contributed by atoms with E-state index < -0.39 is 0 Å². The zero-order valence-electron chi connectivity index (χ0n) is 13.1. The van der Waals surface area contributed by atoms with Crippen molar-refractivity contribution in [2.45, 2.75) is 57.1 Å². The van der Waals surface area contributed by atoms with E-state index in [0.717, 1.165) is 45.5 Å². The Hall–Kier alpha value is -1.06. The molecule has 0 aromatic heterocycles. The topological polar surface area (TPSA) is 30.5 Å². The van der Waals surface area contributed by atoms with Crippen LogP contribution in [0.1, 0.15) is 44.6 Å². The molecule has 3 heteroatoms. The summed E-state index contributed by atoms with van der Waals surface area (Å²) in [5, 5.41) is 3.70. The van der Waals surface area contributed by atoms with Gasteiger partial charge in [-0.05, 0) is 49.8 Å². The minimum Gasteiger partial charge on any atom is -0.382 e. The zero-order valence-corrected chi connectivity index (χ0v) is 13.1. The molecule has 2 heterocycles. The smallest absolute Gasteiger partial charge is 0.0745 e. The summed E-state index contributed by atoms with van der Waals surface area (Å²) in [4.78, 5) is 0. The number of benzene rings is 1. The number of hydrogen-bond acceptors (Lipinski definition) is 3. The number of ether oxygens (including phenoxy) is 2. The van der Waals surface area contributed by atoms with Gasteiger partial charge in [-0.25, -0.2) is 0 Å². The van der Waals surface area contributed by atoms with Gasteiger partial charge in [0, 0.05) is 31.5 Å². The molecule has 1 aromatic rings. The van der Waals surface area contributed by atoms with Crippen LogP contribution in [-0.2, 0) is 15.9 Å². The van der Waals surface area contributed by atoms with Crippen LogP contribution in [0.4, 0.5) is 5.69 Å². The summed E-state index contributed by atoms with van der Waals surface area (Å²) < 4.78 is 11.6. The third kappa shape index (κ3) is 3.78. The number of nitrogens with one attached hydrogen (secondary N) is 1. The van der Waals surface area contributed by atoms with Crippen molar-refractivity contribution >= 4 is 5.69 Å². The van der Waals surface area contributed by atoms with E-state index in [1.54, 1.807) is 0 Å². The molecule has 2 fully saturated rings. The van der Waals surface area contributed by atoms with Gasteiger partial charge in [0.15, 0.2) is 0 Å². The highest BCUT2D eigenvalue weighted by Gasteiger charge is 2.38. The first-order valence-corrected chi connectivity index (χ1v) is 8.37. The van der Waals surface area contributed by atoms with Crippen LogP contribution in [0.3, 0.4) is 0 Å². The molecule has 1 atom stereocenters. The maximum Gasteiger partial charge on any atom is 0.0745 e. The van der Waals surface area contributed by atoms with Gasteiger partial charge < -0.3 is 14.8 Å². The molecule has 1 N–H and O–H groups in total. The number of anilines is 1. The van der Waals surface area contributed by atoms with Crippen LogP contribution >= 0.6 is 0 Å². The third-order valence-electron chi connectivity index (χ3n) is 4.76. The number of rotatable bonds is 4. The van der Waals surface area contributed by atoms with Gasteiger partial charge in [-0.15, -0.1) is 0 Å². The van der Waals surface area contributed by atoms with E-state index in [9.17, 15) is 0 Å². The van der Waals surface area contributed by atoms with Crippen molar-refractivity contribution in [1.29, 1.82) is 0 Å². The van der Waals surface area contributed by atoms with E-state index in [1.807, 2.05) is 0 Å². The lowest BCUT2D eigenvalue weighted by atomic mass is 9.84. The van der Waals surface area contributed by atoms with Gasteiger partial charge in [-0.3, -0.25) is 0 Å². The minimum absolute atomic E-state index is 0.0658. The largest absolute Gasteiger partial charge is 0.382 e. The average Bonchev–Trinajstić information content (AvgIpc) is 2.50. The van der Waals surface area contributed by atoms with E-state index >= 15 is 0 Å². The van der Waals surface area contributed by atoms with Crippen LogP contribution in [0.15, 0.2) is 24.3 Å². The first kappa shape index (κ1) is 14.9. The Bertz CT molecular complexity index is 432. The van der Waals surface area contributed by atoms with Crippen LogP contribution < -0.4 is 5.32 Å². The fourth-order valence-corrected chi connectivity index (χ4v) is 3.53. The predicted molar refractivity (Wildman–Crippen MR) is 85.8 cm³/mol. The van der Waals surface area contributed by atoms with Crippen LogP contribution in [0.2, 0.25) is 0 Å². The molecule has 0 amide bonds. The van der Waals surface area contributed by atoms with E-state index in [2.05, 4.69) is 36.5 Å². The van der Waals surface area contributed by atoms with Crippen molar-refractivity contribution in [2.24, 2.45) is 0 Å². The lowest BCUT2D eigenvalue weighted by Crippen LogP contribution is -2.47. The van der Waals surface area contributed by atoms with Gasteiger partial charge in [-0.2, -0.15) is 0 Å². The molecule has 21 heavy (non-hydrogen) atoms. The summed E-state index contributed by atoms with van der Waals surface area (Å²) in [6.45, 7) is 4.78. The Kier molecular flexibility index (Phi) is 4.81. The van der Waals surface area contributed by atoms with Crippen molar-refractivity contribution in [2.75, 3.05) is 25.1 Å².